The van der Waals surface area contributed by atoms with Crippen molar-refractivity contribution in [1.82, 2.24) is 9.97 Å². The van der Waals surface area contributed by atoms with E-state index in [0.717, 1.165) is 0 Å². The molecular weight excluding hydrogens is 148 g/mol. The Balaban J connectivity index is 2.90. The highest BCUT2D eigenvalue weighted by molar-refractivity contribution is 5.88. The van der Waals surface area contributed by atoms with E-state index in [0.29, 0.717) is 0 Å². The van der Waals surface area contributed by atoms with Crippen molar-refractivity contribution in [2.45, 2.75) is 0 Å². The Morgan fingerprint density at radius 2 is 2.00 bits per heavy atom. The maximum atomic E-state index is 10.7. The molecule has 58 valence electrons. The lowest BCUT2D eigenvalue weighted by Crippen LogP contribution is -2.11. The van der Waals surface area contributed by atoms with Gasteiger partial charge in [-0.05, 0) is 0 Å². The zero-order valence-corrected chi connectivity index (χ0v) is 5.52. The molecule has 0 spiro atoms. The standard InChI is InChI=1S/C5H6N4O2/c6-5-8-1-3(2-9-5)4(10)11-7/h1-2H,7H2,(H2,6,8,9). The minimum absolute atomic E-state index is 0.0959. The fraction of sp³-hybridized carbons (Fsp3) is 0. The molecule has 0 aliphatic heterocycles. The maximum absolute atomic E-state index is 10.7. The third-order valence-corrected chi connectivity index (χ3v) is 1.01. The average Bonchev–Trinajstić information content (AvgIpc) is 2.05. The molecule has 1 heterocycles. The summed E-state index contributed by atoms with van der Waals surface area (Å²) >= 11 is 0. The minimum atomic E-state index is -0.690. The minimum Gasteiger partial charge on any atom is -0.370 e. The van der Waals surface area contributed by atoms with E-state index in [4.69, 9.17) is 5.73 Å². The Kier molecular flexibility index (Phi) is 1.98. The Hall–Kier alpha value is -1.69. The molecule has 0 amide bonds. The zero-order valence-electron chi connectivity index (χ0n) is 5.52. The second kappa shape index (κ2) is 2.93. The highest BCUT2D eigenvalue weighted by Crippen LogP contribution is 1.97. The fourth-order valence-corrected chi connectivity index (χ4v) is 0.511. The topological polar surface area (TPSA) is 104 Å². The van der Waals surface area contributed by atoms with Gasteiger partial charge in [0.15, 0.2) is 0 Å². The average molecular weight is 154 g/mol. The number of hydrogen-bond donors (Lipinski definition) is 2. The summed E-state index contributed by atoms with van der Waals surface area (Å²) in [6.45, 7) is 0. The summed E-state index contributed by atoms with van der Waals surface area (Å²) in [5, 5.41) is 0. The summed E-state index contributed by atoms with van der Waals surface area (Å²) in [7, 11) is 0. The summed E-state index contributed by atoms with van der Waals surface area (Å²) in [5.41, 5.74) is 5.33. The molecule has 0 unspecified atom stereocenters. The van der Waals surface area contributed by atoms with Crippen LogP contribution in [-0.4, -0.2) is 15.9 Å². The van der Waals surface area contributed by atoms with Crippen LogP contribution in [0.25, 0.3) is 0 Å². The highest BCUT2D eigenvalue weighted by Gasteiger charge is 2.05. The van der Waals surface area contributed by atoms with E-state index in [2.05, 4.69) is 20.7 Å². The van der Waals surface area contributed by atoms with Crippen LogP contribution < -0.4 is 11.6 Å². The van der Waals surface area contributed by atoms with E-state index in [9.17, 15) is 4.79 Å². The number of rotatable bonds is 1. The lowest BCUT2D eigenvalue weighted by atomic mass is 10.3. The molecule has 0 bridgehead atoms. The molecule has 1 aromatic rings. The van der Waals surface area contributed by atoms with Gasteiger partial charge in [0, 0.05) is 12.4 Å². The Labute approximate surface area is 62.1 Å². The second-order valence-corrected chi connectivity index (χ2v) is 1.74. The van der Waals surface area contributed by atoms with Crippen LogP contribution in [0.2, 0.25) is 0 Å². The number of nitrogens with zero attached hydrogens (tertiary/aromatic N) is 2. The van der Waals surface area contributed by atoms with Gasteiger partial charge in [-0.25, -0.2) is 14.8 Å². The van der Waals surface area contributed by atoms with Crippen molar-refractivity contribution in [2.24, 2.45) is 5.90 Å². The molecule has 6 heteroatoms. The molecule has 0 aliphatic carbocycles. The zero-order chi connectivity index (χ0) is 8.27. The molecule has 6 nitrogen and oxygen atoms in total. The van der Waals surface area contributed by atoms with Gasteiger partial charge in [-0.2, -0.15) is 5.90 Å². The van der Waals surface area contributed by atoms with E-state index in [1.807, 2.05) is 0 Å². The van der Waals surface area contributed by atoms with Crippen LogP contribution in [0.3, 0.4) is 0 Å². The number of anilines is 1. The van der Waals surface area contributed by atoms with Crippen molar-refractivity contribution < 1.29 is 9.63 Å². The van der Waals surface area contributed by atoms with Crippen LogP contribution in [-0.2, 0) is 4.84 Å². The van der Waals surface area contributed by atoms with Crippen LogP contribution in [0, 0.1) is 0 Å². The van der Waals surface area contributed by atoms with Gasteiger partial charge in [-0.15, -0.1) is 0 Å². The number of aromatic nitrogens is 2. The predicted molar refractivity (Wildman–Crippen MR) is 36.0 cm³/mol. The Morgan fingerprint density at radius 3 is 2.45 bits per heavy atom. The fourth-order valence-electron chi connectivity index (χ4n) is 0.511. The van der Waals surface area contributed by atoms with Crippen molar-refractivity contribution >= 4 is 11.9 Å². The van der Waals surface area contributed by atoms with E-state index in [1.54, 1.807) is 0 Å². The summed E-state index contributed by atoms with van der Waals surface area (Å²) in [5.74, 6) is 4.01. The van der Waals surface area contributed by atoms with Gasteiger partial charge >= 0.3 is 5.97 Å². The lowest BCUT2D eigenvalue weighted by molar-refractivity contribution is 0.0502. The quantitative estimate of drug-likeness (QED) is 0.507. The molecule has 4 N–H and O–H groups in total. The van der Waals surface area contributed by atoms with Crippen LogP contribution in [0.1, 0.15) is 10.4 Å². The Bertz CT molecular complexity index is 258. The highest BCUT2D eigenvalue weighted by atomic mass is 16.7. The van der Waals surface area contributed by atoms with Crippen molar-refractivity contribution in [3.63, 3.8) is 0 Å². The van der Waals surface area contributed by atoms with Gasteiger partial charge in [-0.3, -0.25) is 0 Å². The molecule has 0 radical (unpaired) electrons. The van der Waals surface area contributed by atoms with Crippen molar-refractivity contribution in [1.29, 1.82) is 0 Å². The molecule has 11 heavy (non-hydrogen) atoms. The smallest absolute Gasteiger partial charge is 0.359 e. The van der Waals surface area contributed by atoms with Gasteiger partial charge in [0.25, 0.3) is 0 Å². The lowest BCUT2D eigenvalue weighted by Gasteiger charge is -1.95. The number of carbonyl (C=O) groups excluding carboxylic acids is 1. The van der Waals surface area contributed by atoms with Crippen LogP contribution in [0.5, 0.6) is 0 Å². The number of nitrogens with two attached hydrogens (primary N) is 2. The first kappa shape index (κ1) is 7.42. The van der Waals surface area contributed by atoms with Crippen molar-refractivity contribution in [3.05, 3.63) is 18.0 Å². The first-order valence-corrected chi connectivity index (χ1v) is 2.72. The number of nitrogen functional groups attached to an aromatic ring is 1. The van der Waals surface area contributed by atoms with Crippen LogP contribution in [0.15, 0.2) is 12.4 Å². The van der Waals surface area contributed by atoms with E-state index in [-0.39, 0.29) is 11.5 Å². The summed E-state index contributed by atoms with van der Waals surface area (Å²) in [6, 6.07) is 0. The van der Waals surface area contributed by atoms with E-state index in [1.165, 1.54) is 12.4 Å². The van der Waals surface area contributed by atoms with Crippen LogP contribution >= 0.6 is 0 Å². The summed E-state index contributed by atoms with van der Waals surface area (Å²) < 4.78 is 0. The molecule has 1 aromatic heterocycles. The van der Waals surface area contributed by atoms with Gasteiger partial charge < -0.3 is 10.6 Å². The number of hydrogen-bond acceptors (Lipinski definition) is 6. The predicted octanol–water partition coefficient (Wildman–Crippen LogP) is -0.911. The summed E-state index contributed by atoms with van der Waals surface area (Å²) in [6.07, 6.45) is 2.47. The SMILES string of the molecule is NOC(=O)c1cnc(N)nc1. The van der Waals surface area contributed by atoms with E-state index < -0.39 is 5.97 Å². The largest absolute Gasteiger partial charge is 0.370 e. The molecule has 0 saturated carbocycles. The van der Waals surface area contributed by atoms with Crippen molar-refractivity contribution in [2.75, 3.05) is 5.73 Å². The van der Waals surface area contributed by atoms with Crippen LogP contribution in [0.4, 0.5) is 5.95 Å². The van der Waals surface area contributed by atoms with Gasteiger partial charge in [0.2, 0.25) is 5.95 Å². The van der Waals surface area contributed by atoms with Gasteiger partial charge in [0.1, 0.15) is 0 Å². The Morgan fingerprint density at radius 1 is 1.45 bits per heavy atom. The normalized spacial score (nSPS) is 9.18. The molecule has 0 aromatic carbocycles. The second-order valence-electron chi connectivity index (χ2n) is 1.74. The first-order chi connectivity index (χ1) is 5.24. The summed E-state index contributed by atoms with van der Waals surface area (Å²) in [4.78, 5) is 21.7. The molecule has 0 atom stereocenters. The van der Waals surface area contributed by atoms with E-state index >= 15 is 0 Å². The van der Waals surface area contributed by atoms with Gasteiger partial charge in [0.05, 0.1) is 5.56 Å². The third kappa shape index (κ3) is 1.62. The molecule has 0 saturated heterocycles. The van der Waals surface area contributed by atoms with Crippen molar-refractivity contribution in [3.8, 4) is 0 Å². The maximum Gasteiger partial charge on any atom is 0.359 e. The van der Waals surface area contributed by atoms with Gasteiger partial charge in [-0.1, -0.05) is 0 Å². The number of carbonyl (C=O) groups is 1. The first-order valence-electron chi connectivity index (χ1n) is 2.72. The monoisotopic (exact) mass is 154 g/mol. The molecule has 0 aliphatic rings. The molecular formula is C5H6N4O2. The molecule has 0 fully saturated rings. The molecule has 1 rings (SSSR count). The third-order valence-electron chi connectivity index (χ3n) is 1.01.